The summed E-state index contributed by atoms with van der Waals surface area (Å²) in [5, 5.41) is 9.37. The quantitative estimate of drug-likeness (QED) is 0.938. The van der Waals surface area contributed by atoms with Gasteiger partial charge in [0.2, 0.25) is 0 Å². The molecule has 0 saturated carbocycles. The van der Waals surface area contributed by atoms with Crippen molar-refractivity contribution in [2.45, 2.75) is 19.5 Å². The Morgan fingerprint density at radius 3 is 2.60 bits per heavy atom. The topological polar surface area (TPSA) is 42.2 Å². The highest BCUT2D eigenvalue weighted by atomic mass is 19.4. The molecule has 0 aliphatic heterocycles. The van der Waals surface area contributed by atoms with Gasteiger partial charge in [-0.05, 0) is 18.1 Å². The highest BCUT2D eigenvalue weighted by molar-refractivity contribution is 5.87. The van der Waals surface area contributed by atoms with Gasteiger partial charge in [0.05, 0.1) is 17.0 Å². The first kappa shape index (κ1) is 14.4. The molecule has 1 unspecified atom stereocenters. The van der Waals surface area contributed by atoms with Crippen LogP contribution in [-0.4, -0.2) is 15.6 Å². The number of rotatable bonds is 3. The number of hydrogen-bond acceptors (Lipinski definition) is 1. The van der Waals surface area contributed by atoms with Crippen molar-refractivity contribution >= 4 is 16.9 Å². The molecule has 3 nitrogen and oxygen atoms in total. The number of aryl methyl sites for hydroxylation is 1. The summed E-state index contributed by atoms with van der Waals surface area (Å²) < 4.78 is 40.4. The molecule has 20 heavy (non-hydrogen) atoms. The second kappa shape index (κ2) is 4.85. The van der Waals surface area contributed by atoms with E-state index in [1.807, 2.05) is 0 Å². The van der Waals surface area contributed by atoms with E-state index in [0.717, 1.165) is 6.07 Å². The first-order valence-corrected chi connectivity index (χ1v) is 6.08. The van der Waals surface area contributed by atoms with Gasteiger partial charge in [-0.15, -0.1) is 0 Å². The number of para-hydroxylation sites is 1. The maximum absolute atomic E-state index is 13.0. The second-order valence-electron chi connectivity index (χ2n) is 4.91. The van der Waals surface area contributed by atoms with E-state index in [2.05, 4.69) is 0 Å². The van der Waals surface area contributed by atoms with Gasteiger partial charge in [0, 0.05) is 18.6 Å². The number of carbonyl (C=O) groups is 1. The van der Waals surface area contributed by atoms with E-state index in [0.29, 0.717) is 10.9 Å². The number of benzene rings is 1. The van der Waals surface area contributed by atoms with Crippen LogP contribution < -0.4 is 0 Å². The first-order chi connectivity index (χ1) is 9.21. The fraction of sp³-hybridized carbons (Fsp3) is 0.357. The number of hydrogen-bond donors (Lipinski definition) is 1. The molecular weight excluding hydrogens is 271 g/mol. The zero-order chi connectivity index (χ0) is 15.1. The lowest BCUT2D eigenvalue weighted by Crippen LogP contribution is -2.12. The van der Waals surface area contributed by atoms with Crippen LogP contribution in [0.15, 0.2) is 24.4 Å². The minimum atomic E-state index is -4.43. The van der Waals surface area contributed by atoms with Crippen LogP contribution in [0.5, 0.6) is 0 Å². The molecule has 0 aliphatic carbocycles. The van der Waals surface area contributed by atoms with E-state index >= 15 is 0 Å². The third-order valence-corrected chi connectivity index (χ3v) is 3.34. The Morgan fingerprint density at radius 1 is 1.40 bits per heavy atom. The van der Waals surface area contributed by atoms with Gasteiger partial charge in [0.1, 0.15) is 0 Å². The van der Waals surface area contributed by atoms with E-state index in [4.69, 9.17) is 5.11 Å². The molecular formula is C14H14F3NO2. The molecule has 6 heteroatoms. The molecule has 0 bridgehead atoms. The minimum absolute atomic E-state index is 0.0904. The fourth-order valence-corrected chi connectivity index (χ4v) is 2.36. The van der Waals surface area contributed by atoms with Crippen LogP contribution in [0, 0.1) is 5.92 Å². The smallest absolute Gasteiger partial charge is 0.418 e. The molecule has 1 atom stereocenters. The van der Waals surface area contributed by atoms with Crippen molar-refractivity contribution in [3.8, 4) is 0 Å². The number of aliphatic carboxylic acids is 1. The molecule has 0 radical (unpaired) electrons. The first-order valence-electron chi connectivity index (χ1n) is 6.08. The Balaban J connectivity index is 2.58. The van der Waals surface area contributed by atoms with Crippen molar-refractivity contribution in [2.75, 3.05) is 0 Å². The van der Waals surface area contributed by atoms with E-state index in [9.17, 15) is 18.0 Å². The maximum Gasteiger partial charge on any atom is 0.418 e. The number of fused-ring (bicyclic) bond motifs is 1. The molecule has 0 spiro atoms. The molecule has 0 aliphatic rings. The van der Waals surface area contributed by atoms with Crippen molar-refractivity contribution in [3.63, 3.8) is 0 Å². The molecule has 0 saturated heterocycles. The van der Waals surface area contributed by atoms with Crippen molar-refractivity contribution < 1.29 is 23.1 Å². The highest BCUT2D eigenvalue weighted by Gasteiger charge is 2.34. The Morgan fingerprint density at radius 2 is 2.05 bits per heavy atom. The van der Waals surface area contributed by atoms with Crippen LogP contribution in [0.3, 0.4) is 0 Å². The van der Waals surface area contributed by atoms with E-state index in [1.165, 1.54) is 24.6 Å². The summed E-state index contributed by atoms with van der Waals surface area (Å²) in [6, 6.07) is 3.97. The lowest BCUT2D eigenvalue weighted by molar-refractivity contribution is -0.141. The van der Waals surface area contributed by atoms with Crippen LogP contribution in [0.25, 0.3) is 10.9 Å². The lowest BCUT2D eigenvalue weighted by Gasteiger charge is -2.10. The van der Waals surface area contributed by atoms with Gasteiger partial charge in [-0.2, -0.15) is 13.2 Å². The Bertz CT molecular complexity index is 658. The van der Waals surface area contributed by atoms with Gasteiger partial charge in [0.25, 0.3) is 0 Å². The third kappa shape index (κ3) is 2.50. The van der Waals surface area contributed by atoms with Gasteiger partial charge in [-0.3, -0.25) is 4.79 Å². The predicted molar refractivity (Wildman–Crippen MR) is 68.4 cm³/mol. The number of nitrogens with zero attached hydrogens (tertiary/aromatic N) is 1. The standard InChI is InChI=1S/C14H14F3NO2/c1-8(13(19)20)6-9-7-18(2)12-10(9)4-3-5-11(12)14(15,16)17/h3-5,7-8H,6H2,1-2H3,(H,19,20). The van der Waals surface area contributed by atoms with Crippen molar-refractivity contribution in [1.29, 1.82) is 0 Å². The number of alkyl halides is 3. The number of carboxylic acid groups (broad SMARTS) is 1. The van der Waals surface area contributed by atoms with E-state index < -0.39 is 23.6 Å². The average molecular weight is 285 g/mol. The van der Waals surface area contributed by atoms with Crippen molar-refractivity contribution in [2.24, 2.45) is 13.0 Å². The third-order valence-electron chi connectivity index (χ3n) is 3.34. The monoisotopic (exact) mass is 285 g/mol. The molecule has 1 aromatic carbocycles. The largest absolute Gasteiger partial charge is 0.481 e. The van der Waals surface area contributed by atoms with Gasteiger partial charge >= 0.3 is 12.1 Å². The molecule has 0 fully saturated rings. The van der Waals surface area contributed by atoms with Crippen molar-refractivity contribution in [3.05, 3.63) is 35.5 Å². The zero-order valence-corrected chi connectivity index (χ0v) is 11.0. The molecule has 2 rings (SSSR count). The van der Waals surface area contributed by atoms with Gasteiger partial charge in [-0.25, -0.2) is 0 Å². The summed E-state index contributed by atoms with van der Waals surface area (Å²) in [4.78, 5) is 10.9. The van der Waals surface area contributed by atoms with E-state index in [-0.39, 0.29) is 11.9 Å². The molecule has 1 heterocycles. The molecule has 108 valence electrons. The number of carboxylic acids is 1. The lowest BCUT2D eigenvalue weighted by atomic mass is 10.00. The average Bonchev–Trinajstić information content (AvgIpc) is 2.65. The molecule has 1 N–H and O–H groups in total. The predicted octanol–water partition coefficient (Wildman–Crippen LogP) is 3.46. The van der Waals surface area contributed by atoms with Crippen LogP contribution in [0.1, 0.15) is 18.1 Å². The van der Waals surface area contributed by atoms with Crippen LogP contribution >= 0.6 is 0 Å². The van der Waals surface area contributed by atoms with Crippen molar-refractivity contribution in [1.82, 2.24) is 4.57 Å². The maximum atomic E-state index is 13.0. The van der Waals surface area contributed by atoms with Crippen LogP contribution in [0.4, 0.5) is 13.2 Å². The second-order valence-corrected chi connectivity index (χ2v) is 4.91. The van der Waals surface area contributed by atoms with Crippen LogP contribution in [0.2, 0.25) is 0 Å². The molecule has 0 amide bonds. The van der Waals surface area contributed by atoms with Gasteiger partial charge in [0.15, 0.2) is 0 Å². The Labute approximate surface area is 113 Å². The summed E-state index contributed by atoms with van der Waals surface area (Å²) >= 11 is 0. The van der Waals surface area contributed by atoms with Gasteiger partial charge < -0.3 is 9.67 Å². The summed E-state index contributed by atoms with van der Waals surface area (Å²) in [7, 11) is 1.53. The minimum Gasteiger partial charge on any atom is -0.481 e. The Kier molecular flexibility index (Phi) is 3.50. The molecule has 2 aromatic rings. The normalized spacial score (nSPS) is 13.7. The number of halogens is 3. The fourth-order valence-electron chi connectivity index (χ4n) is 2.36. The highest BCUT2D eigenvalue weighted by Crippen LogP contribution is 2.36. The number of aromatic nitrogens is 1. The van der Waals surface area contributed by atoms with Crippen LogP contribution in [-0.2, 0) is 24.4 Å². The van der Waals surface area contributed by atoms with E-state index in [1.54, 1.807) is 12.3 Å². The zero-order valence-electron chi connectivity index (χ0n) is 11.0. The summed E-state index contributed by atoms with van der Waals surface area (Å²) in [5.74, 6) is -1.61. The Hall–Kier alpha value is -1.98. The summed E-state index contributed by atoms with van der Waals surface area (Å²) in [6.45, 7) is 1.54. The van der Waals surface area contributed by atoms with Gasteiger partial charge in [-0.1, -0.05) is 19.1 Å². The SMILES string of the molecule is CC(Cc1cn(C)c2c(C(F)(F)F)cccc12)C(=O)O. The summed E-state index contributed by atoms with van der Waals surface area (Å²) in [5.41, 5.74) is 0.00261. The molecule has 1 aromatic heterocycles. The summed E-state index contributed by atoms with van der Waals surface area (Å²) in [6.07, 6.45) is -2.66.